The largest absolute Gasteiger partial charge is 0.454 e. The van der Waals surface area contributed by atoms with Gasteiger partial charge in [-0.3, -0.25) is 4.79 Å². The molecule has 3 aromatic rings. The molecule has 0 atom stereocenters. The molecule has 0 saturated carbocycles. The molecule has 0 saturated heterocycles. The molecule has 1 N–H and O–H groups in total. The summed E-state index contributed by atoms with van der Waals surface area (Å²) in [5, 5.41) is 14.9. The maximum atomic E-state index is 11.9. The van der Waals surface area contributed by atoms with Crippen molar-refractivity contribution >= 4 is 29.2 Å². The van der Waals surface area contributed by atoms with Crippen LogP contribution in [0.4, 0.5) is 5.69 Å². The molecule has 0 radical (unpaired) electrons. The molecular weight excluding hydrogens is 370 g/mol. The lowest BCUT2D eigenvalue weighted by Crippen LogP contribution is -2.23. The third-order valence-electron chi connectivity index (χ3n) is 3.51. The van der Waals surface area contributed by atoms with Crippen molar-refractivity contribution in [2.45, 2.75) is 13.5 Å². The number of aryl methyl sites for hydroxylation is 1. The van der Waals surface area contributed by atoms with E-state index in [1.807, 2.05) is 31.2 Å². The molecule has 2 aromatic carbocycles. The number of nitrogens with one attached hydrogen (secondary N) is 1. The minimum atomic E-state index is -0.649. The number of ether oxygens (including phenoxy) is 1. The molecule has 0 aliphatic heterocycles. The van der Waals surface area contributed by atoms with E-state index in [2.05, 4.69) is 20.7 Å². The Morgan fingerprint density at radius 1 is 1.19 bits per heavy atom. The fraction of sp³-hybridized carbons (Fsp3) is 0.167. The van der Waals surface area contributed by atoms with Gasteiger partial charge in [-0.05, 0) is 30.3 Å². The second kappa shape index (κ2) is 8.41. The number of benzene rings is 2. The fourth-order valence-corrected chi connectivity index (χ4v) is 2.39. The van der Waals surface area contributed by atoms with Crippen LogP contribution in [-0.2, 0) is 20.9 Å². The van der Waals surface area contributed by atoms with Gasteiger partial charge in [-0.15, -0.1) is 10.2 Å². The number of aromatic nitrogens is 4. The molecule has 1 amide bonds. The van der Waals surface area contributed by atoms with Crippen LogP contribution in [-0.4, -0.2) is 38.7 Å². The van der Waals surface area contributed by atoms with E-state index in [9.17, 15) is 9.59 Å². The molecule has 0 bridgehead atoms. The summed E-state index contributed by atoms with van der Waals surface area (Å²) in [7, 11) is 0. The van der Waals surface area contributed by atoms with E-state index in [0.717, 1.165) is 15.9 Å². The molecule has 27 heavy (non-hydrogen) atoms. The van der Waals surface area contributed by atoms with Gasteiger partial charge in [-0.25, -0.2) is 4.79 Å². The summed E-state index contributed by atoms with van der Waals surface area (Å²) in [6.07, 6.45) is 0. The van der Waals surface area contributed by atoms with Crippen molar-refractivity contribution in [1.29, 1.82) is 0 Å². The van der Waals surface area contributed by atoms with Gasteiger partial charge in [0.25, 0.3) is 5.91 Å². The molecule has 0 unspecified atom stereocenters. The van der Waals surface area contributed by atoms with E-state index >= 15 is 0 Å². The number of hydrogen-bond donors (Lipinski definition) is 1. The average molecular weight is 386 g/mol. The van der Waals surface area contributed by atoms with Crippen LogP contribution in [0.25, 0.3) is 11.4 Å². The van der Waals surface area contributed by atoms with Crippen LogP contribution in [0.15, 0.2) is 48.5 Å². The van der Waals surface area contributed by atoms with Crippen molar-refractivity contribution in [3.8, 4) is 11.4 Å². The van der Waals surface area contributed by atoms with Gasteiger partial charge in [-0.2, -0.15) is 4.80 Å². The van der Waals surface area contributed by atoms with Gasteiger partial charge in [0.15, 0.2) is 13.2 Å². The highest BCUT2D eigenvalue weighted by atomic mass is 35.5. The third kappa shape index (κ3) is 5.35. The van der Waals surface area contributed by atoms with E-state index in [1.165, 1.54) is 0 Å². The van der Waals surface area contributed by atoms with Gasteiger partial charge in [0.1, 0.15) is 0 Å². The Kier molecular flexibility index (Phi) is 5.77. The summed E-state index contributed by atoms with van der Waals surface area (Å²) in [5.41, 5.74) is 2.43. The molecular formula is C18H16ClN5O3. The second-order valence-corrected chi connectivity index (χ2v) is 6.17. The normalized spacial score (nSPS) is 10.4. The number of anilines is 1. The van der Waals surface area contributed by atoms with Gasteiger partial charge >= 0.3 is 5.97 Å². The first-order chi connectivity index (χ1) is 13.0. The number of nitrogens with zero attached hydrogens (tertiary/aromatic N) is 4. The third-order valence-corrected chi connectivity index (χ3v) is 3.74. The van der Waals surface area contributed by atoms with Crippen molar-refractivity contribution in [2.75, 3.05) is 11.9 Å². The number of tetrazole rings is 1. The Morgan fingerprint density at radius 2 is 1.96 bits per heavy atom. The van der Waals surface area contributed by atoms with Crippen molar-refractivity contribution in [1.82, 2.24) is 20.2 Å². The van der Waals surface area contributed by atoms with E-state index in [-0.39, 0.29) is 6.54 Å². The van der Waals surface area contributed by atoms with Crippen LogP contribution in [0, 0.1) is 6.92 Å². The zero-order valence-corrected chi connectivity index (χ0v) is 15.2. The number of hydrogen-bond acceptors (Lipinski definition) is 6. The molecule has 3 rings (SSSR count). The van der Waals surface area contributed by atoms with Crippen molar-refractivity contribution < 1.29 is 14.3 Å². The highest BCUT2D eigenvalue weighted by Crippen LogP contribution is 2.15. The minimum Gasteiger partial charge on any atom is -0.454 e. The van der Waals surface area contributed by atoms with Crippen LogP contribution in [0.1, 0.15) is 5.56 Å². The number of halogens is 1. The first kappa shape index (κ1) is 18.5. The van der Waals surface area contributed by atoms with E-state index in [1.54, 1.807) is 24.3 Å². The van der Waals surface area contributed by atoms with Crippen LogP contribution in [0.3, 0.4) is 0 Å². The molecule has 1 aromatic heterocycles. The zero-order valence-electron chi connectivity index (χ0n) is 14.4. The van der Waals surface area contributed by atoms with E-state index in [4.69, 9.17) is 16.3 Å². The summed E-state index contributed by atoms with van der Waals surface area (Å²) in [6.45, 7) is 1.31. The van der Waals surface area contributed by atoms with Gasteiger partial charge in [-0.1, -0.05) is 47.5 Å². The molecule has 0 aliphatic carbocycles. The average Bonchev–Trinajstić information content (AvgIpc) is 3.09. The van der Waals surface area contributed by atoms with E-state index in [0.29, 0.717) is 16.5 Å². The summed E-state index contributed by atoms with van der Waals surface area (Å²) in [5.74, 6) is -0.719. The summed E-state index contributed by atoms with van der Waals surface area (Å²) < 4.78 is 4.93. The van der Waals surface area contributed by atoms with Gasteiger partial charge in [0, 0.05) is 16.3 Å². The van der Waals surface area contributed by atoms with Crippen LogP contribution in [0.5, 0.6) is 0 Å². The van der Waals surface area contributed by atoms with Gasteiger partial charge in [0.2, 0.25) is 5.82 Å². The Balaban J connectivity index is 1.49. The van der Waals surface area contributed by atoms with Crippen LogP contribution in [0.2, 0.25) is 5.02 Å². The Morgan fingerprint density at radius 3 is 2.70 bits per heavy atom. The first-order valence-corrected chi connectivity index (χ1v) is 8.43. The van der Waals surface area contributed by atoms with E-state index < -0.39 is 18.5 Å². The Hall–Kier alpha value is -3.26. The highest BCUT2D eigenvalue weighted by molar-refractivity contribution is 6.30. The molecule has 1 heterocycles. The summed E-state index contributed by atoms with van der Waals surface area (Å²) in [4.78, 5) is 24.8. The van der Waals surface area contributed by atoms with Crippen molar-refractivity contribution in [3.63, 3.8) is 0 Å². The predicted octanol–water partition coefficient (Wildman–Crippen LogP) is 2.48. The topological polar surface area (TPSA) is 99.0 Å². The lowest BCUT2D eigenvalue weighted by molar-refractivity contribution is -0.148. The number of carbonyl (C=O) groups is 2. The fourth-order valence-electron chi connectivity index (χ4n) is 2.20. The zero-order chi connectivity index (χ0) is 19.2. The molecule has 0 fully saturated rings. The lowest BCUT2D eigenvalue weighted by atomic mass is 10.1. The van der Waals surface area contributed by atoms with Gasteiger partial charge < -0.3 is 10.1 Å². The molecule has 0 spiro atoms. The maximum absolute atomic E-state index is 11.9. The smallest absolute Gasteiger partial charge is 0.330 e. The van der Waals surface area contributed by atoms with Crippen LogP contribution < -0.4 is 5.32 Å². The van der Waals surface area contributed by atoms with Crippen LogP contribution >= 0.6 is 11.6 Å². The van der Waals surface area contributed by atoms with Crippen molar-refractivity contribution in [3.05, 3.63) is 59.1 Å². The number of amides is 1. The number of rotatable bonds is 6. The predicted molar refractivity (Wildman–Crippen MR) is 99.0 cm³/mol. The molecule has 0 aliphatic rings. The summed E-state index contributed by atoms with van der Waals surface area (Å²) in [6, 6.07) is 14.3. The molecule has 138 valence electrons. The number of carbonyl (C=O) groups excluding carboxylic acids is 2. The number of esters is 1. The minimum absolute atomic E-state index is 0.247. The second-order valence-electron chi connectivity index (χ2n) is 5.73. The Labute approximate surface area is 160 Å². The van der Waals surface area contributed by atoms with Gasteiger partial charge in [0.05, 0.1) is 0 Å². The van der Waals surface area contributed by atoms with Crippen molar-refractivity contribution in [2.24, 2.45) is 0 Å². The lowest BCUT2D eigenvalue weighted by Gasteiger charge is -2.06. The monoisotopic (exact) mass is 385 g/mol. The quantitative estimate of drug-likeness (QED) is 0.654. The highest BCUT2D eigenvalue weighted by Gasteiger charge is 2.12. The SMILES string of the molecule is Cc1ccc(-c2nnn(CC(=O)OCC(=O)Nc3cccc(Cl)c3)n2)cc1. The standard InChI is InChI=1S/C18H16ClN5O3/c1-12-5-7-13(8-6-12)18-21-23-24(22-18)10-17(26)27-11-16(25)20-15-4-2-3-14(19)9-15/h2-9H,10-11H2,1H3,(H,20,25). The maximum Gasteiger partial charge on any atom is 0.330 e. The Bertz CT molecular complexity index is 956. The molecule has 9 heteroatoms. The summed E-state index contributed by atoms with van der Waals surface area (Å²) >= 11 is 5.84. The molecule has 8 nitrogen and oxygen atoms in total. The first-order valence-electron chi connectivity index (χ1n) is 8.05.